The lowest BCUT2D eigenvalue weighted by Gasteiger charge is -2.25. The van der Waals surface area contributed by atoms with Crippen LogP contribution in [-0.2, 0) is 4.79 Å². The Bertz CT molecular complexity index is 1010. The summed E-state index contributed by atoms with van der Waals surface area (Å²) in [5, 5.41) is 23.7. The molecule has 2 aliphatic heterocycles. The summed E-state index contributed by atoms with van der Waals surface area (Å²) in [6, 6.07) is 7.75. The minimum absolute atomic E-state index is 0. The number of hydrogen-bond acceptors (Lipinski definition) is 7. The van der Waals surface area contributed by atoms with Crippen molar-refractivity contribution in [2.75, 3.05) is 13.1 Å². The number of hydrogen-bond donors (Lipinski definition) is 3. The van der Waals surface area contributed by atoms with Crippen LogP contribution >= 0.6 is 24.2 Å². The van der Waals surface area contributed by atoms with E-state index in [4.69, 9.17) is 10.1 Å². The molecule has 7 nitrogen and oxygen atoms in total. The van der Waals surface area contributed by atoms with Crippen LogP contribution in [-0.4, -0.2) is 35.3 Å². The van der Waals surface area contributed by atoms with E-state index < -0.39 is 0 Å². The van der Waals surface area contributed by atoms with Gasteiger partial charge in [-0.3, -0.25) is 15.2 Å². The Hall–Kier alpha value is -2.60. The van der Waals surface area contributed by atoms with Gasteiger partial charge in [0.1, 0.15) is 23.5 Å². The molecule has 0 atom stereocenters. The first-order chi connectivity index (χ1) is 13.1. The SMILES string of the molecule is Cl.N#Cc1cnc2ccc(/C=C3\SC(=N)NC3=O)cc2c1OC1CCNCC1. The highest BCUT2D eigenvalue weighted by atomic mass is 35.5. The van der Waals surface area contributed by atoms with Crippen molar-refractivity contribution in [3.05, 3.63) is 40.4 Å². The van der Waals surface area contributed by atoms with Gasteiger partial charge in [0.2, 0.25) is 0 Å². The maximum atomic E-state index is 11.9. The summed E-state index contributed by atoms with van der Waals surface area (Å²) < 4.78 is 6.21. The van der Waals surface area contributed by atoms with Crippen molar-refractivity contribution in [3.8, 4) is 11.8 Å². The zero-order valence-corrected chi connectivity index (χ0v) is 16.5. The second-order valence-electron chi connectivity index (χ2n) is 6.35. The van der Waals surface area contributed by atoms with E-state index in [-0.39, 0.29) is 29.6 Å². The Morgan fingerprint density at radius 2 is 2.14 bits per heavy atom. The van der Waals surface area contributed by atoms with Gasteiger partial charge >= 0.3 is 0 Å². The molecular formula is C19H18ClN5O2S. The molecule has 0 spiro atoms. The Morgan fingerprint density at radius 1 is 1.36 bits per heavy atom. The predicted octanol–water partition coefficient (Wildman–Crippen LogP) is 2.80. The maximum Gasteiger partial charge on any atom is 0.264 e. The summed E-state index contributed by atoms with van der Waals surface area (Å²) in [7, 11) is 0. The fraction of sp³-hybridized carbons (Fsp3) is 0.263. The molecule has 0 saturated carbocycles. The second-order valence-corrected chi connectivity index (χ2v) is 7.40. The van der Waals surface area contributed by atoms with E-state index in [1.54, 1.807) is 12.3 Å². The third-order valence-corrected chi connectivity index (χ3v) is 5.32. The van der Waals surface area contributed by atoms with Crippen molar-refractivity contribution in [1.29, 1.82) is 10.7 Å². The fourth-order valence-corrected chi connectivity index (χ4v) is 3.86. The van der Waals surface area contributed by atoms with E-state index in [0.717, 1.165) is 54.2 Å². The summed E-state index contributed by atoms with van der Waals surface area (Å²) >= 11 is 1.09. The molecule has 2 saturated heterocycles. The number of fused-ring (bicyclic) bond motifs is 1. The first-order valence-electron chi connectivity index (χ1n) is 8.64. The molecule has 4 rings (SSSR count). The number of nitrogens with one attached hydrogen (secondary N) is 3. The molecule has 0 radical (unpaired) electrons. The Labute approximate surface area is 172 Å². The number of ether oxygens (including phenoxy) is 1. The monoisotopic (exact) mass is 415 g/mol. The lowest BCUT2D eigenvalue weighted by Crippen LogP contribution is -2.34. The van der Waals surface area contributed by atoms with Gasteiger partial charge in [0, 0.05) is 11.6 Å². The van der Waals surface area contributed by atoms with Gasteiger partial charge in [0.15, 0.2) is 5.17 Å². The summed E-state index contributed by atoms with van der Waals surface area (Å²) in [5.41, 5.74) is 1.93. The van der Waals surface area contributed by atoms with E-state index in [1.807, 2.05) is 18.2 Å². The van der Waals surface area contributed by atoms with Crippen LogP contribution in [0.2, 0.25) is 0 Å². The highest BCUT2D eigenvalue weighted by Crippen LogP contribution is 2.32. The molecule has 0 aliphatic carbocycles. The molecule has 1 aromatic carbocycles. The number of carbonyl (C=O) groups excluding carboxylic acids is 1. The molecule has 0 bridgehead atoms. The number of thioether (sulfide) groups is 1. The molecule has 9 heteroatoms. The van der Waals surface area contributed by atoms with Crippen LogP contribution in [0.1, 0.15) is 24.0 Å². The zero-order valence-electron chi connectivity index (χ0n) is 14.8. The van der Waals surface area contributed by atoms with Crippen LogP contribution < -0.4 is 15.4 Å². The van der Waals surface area contributed by atoms with Gasteiger partial charge in [-0.2, -0.15) is 5.26 Å². The van der Waals surface area contributed by atoms with Gasteiger partial charge in [0.05, 0.1) is 10.4 Å². The Morgan fingerprint density at radius 3 is 2.82 bits per heavy atom. The van der Waals surface area contributed by atoms with Gasteiger partial charge < -0.3 is 15.4 Å². The van der Waals surface area contributed by atoms with Crippen LogP contribution in [0.25, 0.3) is 17.0 Å². The van der Waals surface area contributed by atoms with E-state index in [0.29, 0.717) is 16.2 Å². The van der Waals surface area contributed by atoms with Gasteiger partial charge in [-0.1, -0.05) is 6.07 Å². The van der Waals surface area contributed by atoms with Crippen molar-refractivity contribution >= 4 is 52.2 Å². The van der Waals surface area contributed by atoms with Crippen molar-refractivity contribution in [3.63, 3.8) is 0 Å². The number of halogens is 1. The number of amides is 1. The lowest BCUT2D eigenvalue weighted by molar-refractivity contribution is -0.115. The van der Waals surface area contributed by atoms with Crippen LogP contribution in [0.5, 0.6) is 5.75 Å². The topological polar surface area (TPSA) is 111 Å². The van der Waals surface area contributed by atoms with Gasteiger partial charge in [-0.15, -0.1) is 12.4 Å². The Kier molecular flexibility index (Phi) is 6.19. The van der Waals surface area contributed by atoms with E-state index >= 15 is 0 Å². The van der Waals surface area contributed by atoms with Gasteiger partial charge in [0.25, 0.3) is 5.91 Å². The zero-order chi connectivity index (χ0) is 18.8. The van der Waals surface area contributed by atoms with Crippen molar-refractivity contribution < 1.29 is 9.53 Å². The molecule has 144 valence electrons. The summed E-state index contributed by atoms with van der Waals surface area (Å²) in [6.45, 7) is 1.79. The van der Waals surface area contributed by atoms with E-state index in [1.165, 1.54) is 0 Å². The number of rotatable bonds is 3. The largest absolute Gasteiger partial charge is 0.488 e. The first-order valence-corrected chi connectivity index (χ1v) is 9.45. The average molecular weight is 416 g/mol. The molecule has 3 N–H and O–H groups in total. The second kappa shape index (κ2) is 8.61. The Balaban J connectivity index is 0.00000225. The highest BCUT2D eigenvalue weighted by molar-refractivity contribution is 8.18. The van der Waals surface area contributed by atoms with Crippen molar-refractivity contribution in [1.82, 2.24) is 15.6 Å². The van der Waals surface area contributed by atoms with E-state index in [2.05, 4.69) is 21.7 Å². The van der Waals surface area contributed by atoms with Crippen molar-refractivity contribution in [2.45, 2.75) is 18.9 Å². The summed E-state index contributed by atoms with van der Waals surface area (Å²) in [5.74, 6) is 0.270. The van der Waals surface area contributed by atoms with Crippen LogP contribution in [0.3, 0.4) is 0 Å². The standard InChI is InChI=1S/C19H17N5O2S.ClH/c20-9-12-10-23-15-2-1-11(8-16-18(25)24-19(21)27-16)7-14(15)17(12)26-13-3-5-22-6-4-13;/h1-2,7-8,10,13,22H,3-6H2,(H2,21,24,25);1H/b16-8-;. The number of benzene rings is 1. The highest BCUT2D eigenvalue weighted by Gasteiger charge is 2.23. The molecule has 2 aromatic rings. The average Bonchev–Trinajstić information content (AvgIpc) is 3.00. The minimum atomic E-state index is -0.278. The van der Waals surface area contributed by atoms with E-state index in [9.17, 15) is 10.1 Å². The molecule has 2 fully saturated rings. The van der Waals surface area contributed by atoms with Crippen molar-refractivity contribution in [2.24, 2.45) is 0 Å². The first kappa shape index (κ1) is 20.1. The van der Waals surface area contributed by atoms with Crippen LogP contribution in [0.4, 0.5) is 0 Å². The fourth-order valence-electron chi connectivity index (χ4n) is 3.16. The number of aromatic nitrogens is 1. The van der Waals surface area contributed by atoms with Gasteiger partial charge in [-0.25, -0.2) is 0 Å². The number of pyridine rings is 1. The summed E-state index contributed by atoms with van der Waals surface area (Å²) in [4.78, 5) is 16.7. The van der Waals surface area contributed by atoms with Crippen LogP contribution in [0, 0.1) is 16.7 Å². The number of piperidine rings is 1. The normalized spacial score (nSPS) is 18.6. The number of amidine groups is 1. The molecule has 1 amide bonds. The quantitative estimate of drug-likeness (QED) is 0.665. The molecule has 0 unspecified atom stereocenters. The third kappa shape index (κ3) is 4.12. The maximum absolute atomic E-state index is 11.9. The predicted molar refractivity (Wildman–Crippen MR) is 112 cm³/mol. The molecule has 2 aliphatic rings. The number of carbonyl (C=O) groups is 1. The molecule has 1 aromatic heterocycles. The smallest absolute Gasteiger partial charge is 0.264 e. The van der Waals surface area contributed by atoms with Gasteiger partial charge in [-0.05, 0) is 61.5 Å². The summed E-state index contributed by atoms with van der Waals surface area (Å²) in [6.07, 6.45) is 5.10. The molecule has 28 heavy (non-hydrogen) atoms. The number of nitrogens with zero attached hydrogens (tertiary/aromatic N) is 2. The third-order valence-electron chi connectivity index (χ3n) is 4.49. The van der Waals surface area contributed by atoms with Crippen LogP contribution in [0.15, 0.2) is 29.3 Å². The lowest BCUT2D eigenvalue weighted by atomic mass is 10.1. The number of nitriles is 1. The minimum Gasteiger partial charge on any atom is -0.488 e. The molecular weight excluding hydrogens is 398 g/mol. The molecule has 3 heterocycles.